The first-order chi connectivity index (χ1) is 19.8. The second kappa shape index (κ2) is 21.4. The van der Waals surface area contributed by atoms with E-state index in [4.69, 9.17) is 18.5 Å². The molecule has 1 aromatic carbocycles. The number of aromatic nitrogens is 1. The third-order valence-corrected chi connectivity index (χ3v) is 9.40. The molecule has 2 aromatic rings. The van der Waals surface area contributed by atoms with Gasteiger partial charge in [0.05, 0.1) is 18.1 Å². The molecule has 0 amide bonds. The van der Waals surface area contributed by atoms with Crippen molar-refractivity contribution in [2.75, 3.05) is 26.9 Å². The van der Waals surface area contributed by atoms with Gasteiger partial charge >= 0.3 is 7.82 Å². The van der Waals surface area contributed by atoms with Crippen LogP contribution in [0.2, 0.25) is 0 Å². The maximum absolute atomic E-state index is 12.6. The SMILES string of the molecule is CCCCCCCCCCCCCCCCOCC(COP(=O)(O)Oc1cccc(C[n+]2csc(C)c2C)c1)OC. The predicted octanol–water partition coefficient (Wildman–Crippen LogP) is 8.71. The van der Waals surface area contributed by atoms with E-state index in [-0.39, 0.29) is 6.61 Å². The van der Waals surface area contributed by atoms with Gasteiger partial charge in [0.2, 0.25) is 5.51 Å². The number of methoxy groups -OCH3 is 1. The molecule has 0 bridgehead atoms. The van der Waals surface area contributed by atoms with Crippen LogP contribution >= 0.6 is 19.2 Å². The largest absolute Gasteiger partial charge is 0.527 e. The quantitative estimate of drug-likeness (QED) is 0.0687. The number of nitrogens with zero attached hydrogens (tertiary/aromatic N) is 1. The molecular weight excluding hydrogens is 557 g/mol. The van der Waals surface area contributed by atoms with Gasteiger partial charge in [-0.05, 0) is 25.5 Å². The highest BCUT2D eigenvalue weighted by Gasteiger charge is 2.25. The molecule has 9 heteroatoms. The summed E-state index contributed by atoms with van der Waals surface area (Å²) in [5.41, 5.74) is 4.25. The van der Waals surface area contributed by atoms with Crippen molar-refractivity contribution in [3.05, 3.63) is 45.9 Å². The van der Waals surface area contributed by atoms with Crippen LogP contribution in [0.15, 0.2) is 29.8 Å². The standard InChI is InChI=1S/C32H54NO6PS/c1-5-6-7-8-9-10-11-12-13-14-15-16-17-18-22-37-25-32(36-4)26-38-40(34,35)39-31-21-19-20-30(23-31)24-33-27-41-29(3)28(33)2/h19-21,23,27,32H,5-18,22,24-26H2,1-4H3/p+1. The van der Waals surface area contributed by atoms with Crippen molar-refractivity contribution in [2.45, 2.75) is 123 Å². The highest BCUT2D eigenvalue weighted by molar-refractivity contribution is 7.47. The number of benzene rings is 1. The van der Waals surface area contributed by atoms with Crippen molar-refractivity contribution in [3.63, 3.8) is 0 Å². The lowest BCUT2D eigenvalue weighted by molar-refractivity contribution is -0.689. The van der Waals surface area contributed by atoms with Crippen molar-refractivity contribution >= 4 is 19.2 Å². The number of phosphoric acid groups is 1. The van der Waals surface area contributed by atoms with E-state index in [1.807, 2.05) is 12.1 Å². The Morgan fingerprint density at radius 2 is 1.51 bits per heavy atom. The highest BCUT2D eigenvalue weighted by atomic mass is 32.1. The summed E-state index contributed by atoms with van der Waals surface area (Å²) < 4.78 is 36.4. The Bertz CT molecular complexity index is 1000. The lowest BCUT2D eigenvalue weighted by Crippen LogP contribution is -2.34. The smallest absolute Gasteiger partial charge is 0.404 e. The van der Waals surface area contributed by atoms with Gasteiger partial charge < -0.3 is 14.0 Å². The van der Waals surface area contributed by atoms with Gasteiger partial charge in [-0.15, -0.1) is 0 Å². The number of ether oxygens (including phenoxy) is 2. The number of rotatable bonds is 25. The van der Waals surface area contributed by atoms with Gasteiger partial charge in [0.15, 0.2) is 12.2 Å². The van der Waals surface area contributed by atoms with Crippen LogP contribution in [-0.4, -0.2) is 37.9 Å². The molecule has 0 saturated heterocycles. The van der Waals surface area contributed by atoms with Crippen molar-refractivity contribution in [1.82, 2.24) is 0 Å². The fourth-order valence-electron chi connectivity index (χ4n) is 4.70. The number of hydrogen-bond donors (Lipinski definition) is 1. The average Bonchev–Trinajstić information content (AvgIpc) is 3.26. The number of thiazole rings is 1. The molecule has 0 aliphatic carbocycles. The Labute approximate surface area is 253 Å². The van der Waals surface area contributed by atoms with Crippen LogP contribution in [0.5, 0.6) is 5.75 Å². The minimum absolute atomic E-state index is 0.0913. The van der Waals surface area contributed by atoms with E-state index in [1.165, 1.54) is 87.6 Å². The van der Waals surface area contributed by atoms with Gasteiger partial charge in [-0.25, -0.2) is 4.57 Å². The minimum atomic E-state index is -4.31. The normalized spacial score (nSPS) is 13.8. The van der Waals surface area contributed by atoms with E-state index in [0.717, 1.165) is 18.4 Å². The zero-order chi connectivity index (χ0) is 29.8. The molecule has 0 aliphatic heterocycles. The zero-order valence-electron chi connectivity index (χ0n) is 26.0. The van der Waals surface area contributed by atoms with Crippen LogP contribution < -0.4 is 9.09 Å². The molecule has 2 rings (SSSR count). The summed E-state index contributed by atoms with van der Waals surface area (Å²) in [6.07, 6.45) is 18.1. The molecule has 1 N–H and O–H groups in total. The molecule has 2 atom stereocenters. The third-order valence-electron chi connectivity index (χ3n) is 7.47. The molecule has 41 heavy (non-hydrogen) atoms. The molecule has 0 aliphatic rings. The van der Waals surface area contributed by atoms with Crippen molar-refractivity contribution in [1.29, 1.82) is 0 Å². The predicted molar refractivity (Wildman–Crippen MR) is 168 cm³/mol. The van der Waals surface area contributed by atoms with E-state index in [9.17, 15) is 9.46 Å². The Morgan fingerprint density at radius 3 is 2.07 bits per heavy atom. The number of aryl methyl sites for hydroxylation is 1. The second-order valence-electron chi connectivity index (χ2n) is 11.0. The molecule has 0 radical (unpaired) electrons. The molecule has 0 fully saturated rings. The summed E-state index contributed by atoms with van der Waals surface area (Å²) in [5.74, 6) is 0.293. The molecular formula is C32H55NO6PS+. The molecule has 0 saturated carbocycles. The van der Waals surface area contributed by atoms with Crippen LogP contribution in [0.1, 0.15) is 113 Å². The van der Waals surface area contributed by atoms with Crippen LogP contribution in [0.4, 0.5) is 0 Å². The first-order valence-electron chi connectivity index (χ1n) is 15.6. The van der Waals surface area contributed by atoms with Gasteiger partial charge in [-0.1, -0.05) is 114 Å². The van der Waals surface area contributed by atoms with Crippen LogP contribution in [0.3, 0.4) is 0 Å². The van der Waals surface area contributed by atoms with Gasteiger partial charge in [0, 0.05) is 26.2 Å². The summed E-state index contributed by atoms with van der Waals surface area (Å²) in [5, 5.41) is 0. The van der Waals surface area contributed by atoms with E-state index in [0.29, 0.717) is 25.5 Å². The van der Waals surface area contributed by atoms with E-state index < -0.39 is 13.9 Å². The van der Waals surface area contributed by atoms with Crippen LogP contribution in [0, 0.1) is 13.8 Å². The summed E-state index contributed by atoms with van der Waals surface area (Å²) in [6.45, 7) is 7.97. The third kappa shape index (κ3) is 16.2. The van der Waals surface area contributed by atoms with Crippen molar-refractivity contribution < 1.29 is 32.5 Å². The Kier molecular flexibility index (Phi) is 18.8. The summed E-state index contributed by atoms with van der Waals surface area (Å²) >= 11 is 1.70. The lowest BCUT2D eigenvalue weighted by atomic mass is 10.0. The monoisotopic (exact) mass is 612 g/mol. The molecule has 2 unspecified atom stereocenters. The van der Waals surface area contributed by atoms with Gasteiger partial charge in [-0.2, -0.15) is 4.57 Å². The average molecular weight is 613 g/mol. The first-order valence-corrected chi connectivity index (χ1v) is 18.0. The summed E-state index contributed by atoms with van der Waals surface area (Å²) in [4.78, 5) is 11.5. The van der Waals surface area contributed by atoms with Crippen LogP contribution in [-0.2, 0) is 25.1 Å². The van der Waals surface area contributed by atoms with Gasteiger partial charge in [-0.3, -0.25) is 9.42 Å². The fourth-order valence-corrected chi connectivity index (χ4v) is 6.29. The lowest BCUT2D eigenvalue weighted by Gasteiger charge is -2.18. The maximum atomic E-state index is 12.6. The minimum Gasteiger partial charge on any atom is -0.404 e. The Morgan fingerprint density at radius 1 is 0.902 bits per heavy atom. The molecule has 7 nitrogen and oxygen atoms in total. The summed E-state index contributed by atoms with van der Waals surface area (Å²) in [6, 6.07) is 7.19. The topological polar surface area (TPSA) is 78.1 Å². The number of unbranched alkanes of at least 4 members (excludes halogenated alkanes) is 13. The number of hydrogen-bond acceptors (Lipinski definition) is 6. The molecule has 234 valence electrons. The van der Waals surface area contributed by atoms with Crippen molar-refractivity contribution in [2.24, 2.45) is 0 Å². The Balaban J connectivity index is 1.53. The maximum Gasteiger partial charge on any atom is 0.527 e. The highest BCUT2D eigenvalue weighted by Crippen LogP contribution is 2.44. The van der Waals surface area contributed by atoms with E-state index >= 15 is 0 Å². The fraction of sp³-hybridized carbons (Fsp3) is 0.719. The van der Waals surface area contributed by atoms with E-state index in [1.54, 1.807) is 30.6 Å². The van der Waals surface area contributed by atoms with Gasteiger partial charge in [0.25, 0.3) is 0 Å². The molecule has 1 heterocycles. The molecule has 1 aromatic heterocycles. The Hall–Kier alpha value is -1.28. The van der Waals surface area contributed by atoms with Gasteiger partial charge in [0.1, 0.15) is 11.9 Å². The first kappa shape index (κ1) is 35.9. The second-order valence-corrected chi connectivity index (χ2v) is 13.5. The van der Waals surface area contributed by atoms with E-state index in [2.05, 4.69) is 30.8 Å². The zero-order valence-corrected chi connectivity index (χ0v) is 27.7. The summed E-state index contributed by atoms with van der Waals surface area (Å²) in [7, 11) is -2.76. The van der Waals surface area contributed by atoms with Crippen molar-refractivity contribution in [3.8, 4) is 5.75 Å². The van der Waals surface area contributed by atoms with Crippen LogP contribution in [0.25, 0.3) is 0 Å². The molecule has 0 spiro atoms. The number of phosphoric ester groups is 1.